The number of para-hydroxylation sites is 2. The number of sulfonamides is 1. The van der Waals surface area contributed by atoms with Crippen molar-refractivity contribution in [3.05, 3.63) is 88.7 Å². The number of amides is 2. The Kier molecular flexibility index (Phi) is 7.17. The van der Waals surface area contributed by atoms with E-state index in [1.165, 1.54) is 24.3 Å². The standard InChI is InChI=1S/C23H20N6O6S/c24-35-13-20(30)28-29-36(33,34)15-11-9-14(10-12-15)22(31)26-18-7-3-1-5-16(18)21-25-19-8-4-2-6-17(19)23(32)27-21/h1-12,29H,13,24H2,(H,26,31)(H,28,30)(H,25,27,32). The maximum Gasteiger partial charge on any atom is 0.263 e. The summed E-state index contributed by atoms with van der Waals surface area (Å²) in [4.78, 5) is 49.7. The molecule has 13 heteroatoms. The lowest BCUT2D eigenvalue weighted by Crippen LogP contribution is -2.43. The average Bonchev–Trinajstić information content (AvgIpc) is 2.88. The van der Waals surface area contributed by atoms with Crippen molar-refractivity contribution in [1.29, 1.82) is 0 Å². The van der Waals surface area contributed by atoms with Crippen molar-refractivity contribution < 1.29 is 22.8 Å². The summed E-state index contributed by atoms with van der Waals surface area (Å²) >= 11 is 0. The molecular formula is C23H20N6O6S. The number of rotatable bonds is 8. The topological polar surface area (TPSA) is 185 Å². The first-order chi connectivity index (χ1) is 17.3. The highest BCUT2D eigenvalue weighted by atomic mass is 32.2. The van der Waals surface area contributed by atoms with Crippen LogP contribution in [0.1, 0.15) is 10.4 Å². The highest BCUT2D eigenvalue weighted by Crippen LogP contribution is 2.26. The Bertz CT molecular complexity index is 1600. The summed E-state index contributed by atoms with van der Waals surface area (Å²) < 4.78 is 24.6. The van der Waals surface area contributed by atoms with Gasteiger partial charge in [-0.2, -0.15) is 0 Å². The second-order valence-electron chi connectivity index (χ2n) is 7.42. The number of fused-ring (bicyclic) bond motifs is 1. The molecule has 12 nitrogen and oxygen atoms in total. The molecule has 0 spiro atoms. The van der Waals surface area contributed by atoms with Gasteiger partial charge in [-0.1, -0.05) is 24.3 Å². The average molecular weight is 509 g/mol. The van der Waals surface area contributed by atoms with E-state index in [1.807, 2.05) is 10.3 Å². The van der Waals surface area contributed by atoms with E-state index in [-0.39, 0.29) is 21.8 Å². The molecule has 0 saturated carbocycles. The molecule has 0 bridgehead atoms. The highest BCUT2D eigenvalue weighted by Gasteiger charge is 2.17. The molecule has 1 aromatic heterocycles. The van der Waals surface area contributed by atoms with Crippen LogP contribution in [-0.2, 0) is 19.7 Å². The molecule has 4 rings (SSSR count). The van der Waals surface area contributed by atoms with E-state index in [9.17, 15) is 22.8 Å². The molecular weight excluding hydrogens is 488 g/mol. The number of carbonyl (C=O) groups excluding carboxylic acids is 2. The molecule has 0 aliphatic heterocycles. The molecule has 0 unspecified atom stereocenters. The van der Waals surface area contributed by atoms with E-state index in [2.05, 4.69) is 20.1 Å². The number of carbonyl (C=O) groups is 2. The molecule has 1 heterocycles. The van der Waals surface area contributed by atoms with Crippen LogP contribution in [0.3, 0.4) is 0 Å². The van der Waals surface area contributed by atoms with Crippen LogP contribution in [0.2, 0.25) is 0 Å². The third-order valence-corrected chi connectivity index (χ3v) is 6.27. The largest absolute Gasteiger partial charge is 0.321 e. The Balaban J connectivity index is 1.54. The maximum atomic E-state index is 12.9. The van der Waals surface area contributed by atoms with Crippen LogP contribution in [0, 0.1) is 0 Å². The van der Waals surface area contributed by atoms with E-state index in [0.29, 0.717) is 22.2 Å². The van der Waals surface area contributed by atoms with Crippen LogP contribution in [-0.4, -0.2) is 36.8 Å². The summed E-state index contributed by atoms with van der Waals surface area (Å²) in [6.45, 7) is -0.536. The number of nitrogens with zero attached hydrogens (tertiary/aromatic N) is 1. The number of H-pyrrole nitrogens is 1. The number of benzene rings is 3. The highest BCUT2D eigenvalue weighted by molar-refractivity contribution is 7.89. The third kappa shape index (κ3) is 5.45. The number of hydrogen-bond donors (Lipinski definition) is 5. The number of aromatic nitrogens is 2. The smallest absolute Gasteiger partial charge is 0.263 e. The third-order valence-electron chi connectivity index (χ3n) is 5.01. The Morgan fingerprint density at radius 1 is 0.972 bits per heavy atom. The lowest BCUT2D eigenvalue weighted by molar-refractivity contribution is -0.126. The number of nitrogens with one attached hydrogen (secondary N) is 4. The van der Waals surface area contributed by atoms with Crippen LogP contribution in [0.4, 0.5) is 5.69 Å². The van der Waals surface area contributed by atoms with Gasteiger partial charge in [0, 0.05) is 11.1 Å². The number of hydrazine groups is 1. The normalized spacial score (nSPS) is 11.2. The van der Waals surface area contributed by atoms with Gasteiger partial charge >= 0.3 is 0 Å². The van der Waals surface area contributed by atoms with Crippen LogP contribution in [0.15, 0.2) is 82.5 Å². The van der Waals surface area contributed by atoms with Crippen molar-refractivity contribution in [3.63, 3.8) is 0 Å². The van der Waals surface area contributed by atoms with Gasteiger partial charge in [-0.15, -0.1) is 4.83 Å². The summed E-state index contributed by atoms with van der Waals surface area (Å²) in [6, 6.07) is 18.7. The summed E-state index contributed by atoms with van der Waals surface area (Å²) in [7, 11) is -4.09. The molecule has 3 aromatic carbocycles. The Morgan fingerprint density at radius 2 is 1.67 bits per heavy atom. The zero-order valence-electron chi connectivity index (χ0n) is 18.5. The Hall–Kier alpha value is -4.43. The zero-order valence-corrected chi connectivity index (χ0v) is 19.3. The molecule has 6 N–H and O–H groups in total. The number of nitrogens with two attached hydrogens (primary N) is 1. The van der Waals surface area contributed by atoms with Crippen LogP contribution < -0.4 is 27.0 Å². The van der Waals surface area contributed by atoms with Crippen molar-refractivity contribution in [2.24, 2.45) is 5.90 Å². The molecule has 0 fully saturated rings. The summed E-state index contributed by atoms with van der Waals surface area (Å²) in [5.41, 5.74) is 3.19. The minimum atomic E-state index is -4.09. The SMILES string of the molecule is NOCC(=O)NNS(=O)(=O)c1ccc(C(=O)Nc2ccccc2-c2nc3ccccc3c(=O)[nH]2)cc1. The van der Waals surface area contributed by atoms with Gasteiger partial charge in [-0.3, -0.25) is 24.6 Å². The zero-order chi connectivity index (χ0) is 25.7. The van der Waals surface area contributed by atoms with Gasteiger partial charge in [0.05, 0.1) is 21.5 Å². The Labute approximate surface area is 204 Å². The molecule has 0 saturated heterocycles. The van der Waals surface area contributed by atoms with Crippen LogP contribution >= 0.6 is 0 Å². The summed E-state index contributed by atoms with van der Waals surface area (Å²) in [6.07, 6.45) is 0. The monoisotopic (exact) mass is 508 g/mol. The second-order valence-corrected chi connectivity index (χ2v) is 9.10. The first-order valence-electron chi connectivity index (χ1n) is 10.4. The van der Waals surface area contributed by atoms with Crippen LogP contribution in [0.5, 0.6) is 0 Å². The molecule has 0 radical (unpaired) electrons. The first kappa shape index (κ1) is 24.7. The van der Waals surface area contributed by atoms with E-state index in [1.54, 1.807) is 48.5 Å². The second kappa shape index (κ2) is 10.5. The number of anilines is 1. The van der Waals surface area contributed by atoms with E-state index >= 15 is 0 Å². The molecule has 0 aliphatic carbocycles. The molecule has 36 heavy (non-hydrogen) atoms. The van der Waals surface area contributed by atoms with Gasteiger partial charge in [0.2, 0.25) is 0 Å². The molecule has 0 atom stereocenters. The number of aromatic amines is 1. The fourth-order valence-electron chi connectivity index (χ4n) is 3.29. The minimum absolute atomic E-state index is 0.171. The number of hydrogen-bond acceptors (Lipinski definition) is 8. The van der Waals surface area contributed by atoms with Gasteiger partial charge in [0.1, 0.15) is 12.4 Å². The molecule has 4 aromatic rings. The van der Waals surface area contributed by atoms with Crippen molar-refractivity contribution in [2.45, 2.75) is 4.90 Å². The van der Waals surface area contributed by atoms with Crippen molar-refractivity contribution in [3.8, 4) is 11.4 Å². The van der Waals surface area contributed by atoms with E-state index < -0.39 is 28.4 Å². The van der Waals surface area contributed by atoms with Crippen molar-refractivity contribution in [2.75, 3.05) is 11.9 Å². The predicted molar refractivity (Wildman–Crippen MR) is 131 cm³/mol. The predicted octanol–water partition coefficient (Wildman–Crippen LogP) is 1.04. The van der Waals surface area contributed by atoms with Crippen molar-refractivity contribution >= 4 is 38.4 Å². The fraction of sp³-hybridized carbons (Fsp3) is 0.0435. The minimum Gasteiger partial charge on any atom is -0.321 e. The lowest BCUT2D eigenvalue weighted by atomic mass is 10.1. The molecule has 184 valence electrons. The van der Waals surface area contributed by atoms with Gasteiger partial charge in [-0.05, 0) is 48.5 Å². The van der Waals surface area contributed by atoms with E-state index in [0.717, 1.165) is 0 Å². The van der Waals surface area contributed by atoms with Gasteiger partial charge in [-0.25, -0.2) is 19.3 Å². The molecule has 2 amide bonds. The van der Waals surface area contributed by atoms with Crippen molar-refractivity contribution in [1.82, 2.24) is 20.2 Å². The summed E-state index contributed by atoms with van der Waals surface area (Å²) in [5, 5.41) is 3.20. The Morgan fingerprint density at radius 3 is 2.42 bits per heavy atom. The van der Waals surface area contributed by atoms with E-state index in [4.69, 9.17) is 5.90 Å². The summed E-state index contributed by atoms with van der Waals surface area (Å²) in [5.74, 6) is 3.73. The maximum absolute atomic E-state index is 12.9. The van der Waals surface area contributed by atoms with Crippen LogP contribution in [0.25, 0.3) is 22.3 Å². The van der Waals surface area contributed by atoms with Gasteiger partial charge in [0.25, 0.3) is 27.4 Å². The first-order valence-corrected chi connectivity index (χ1v) is 11.9. The lowest BCUT2D eigenvalue weighted by Gasteiger charge is -2.12. The van der Waals surface area contributed by atoms with Gasteiger partial charge < -0.3 is 10.3 Å². The molecule has 0 aliphatic rings. The quantitative estimate of drug-likeness (QED) is 0.218. The van der Waals surface area contributed by atoms with Gasteiger partial charge in [0.15, 0.2) is 0 Å². The fourth-order valence-corrected chi connectivity index (χ4v) is 4.15.